The van der Waals surface area contributed by atoms with Gasteiger partial charge in [0.1, 0.15) is 12.7 Å². The molecule has 0 unspecified atom stereocenters. The van der Waals surface area contributed by atoms with Gasteiger partial charge in [-0.25, -0.2) is 4.98 Å². The molecule has 1 atom stereocenters. The number of ether oxygens (including phenoxy) is 2. The number of rotatable bonds is 5. The summed E-state index contributed by atoms with van der Waals surface area (Å²) in [5, 5.41) is 8.70. The highest BCUT2D eigenvalue weighted by Crippen LogP contribution is 2.35. The molecule has 2 fully saturated rings. The standard InChI is InChI=1S/C19H21N5O2/c1-2-16-18(21-5-1)8-17(13-9-22-24(11-13)14-3-4-14)23-19(16)26-12-15-10-20-6-7-25-15/h1-2,5,8-9,11,14-15,20H,3-4,6-7,10,12H2/t15-/m0/s1. The average molecular weight is 351 g/mol. The molecule has 1 saturated carbocycles. The molecule has 1 N–H and O–H groups in total. The second kappa shape index (κ2) is 6.66. The molecule has 7 heteroatoms. The van der Waals surface area contributed by atoms with Crippen molar-refractivity contribution in [2.75, 3.05) is 26.3 Å². The average Bonchev–Trinajstić information content (AvgIpc) is 3.43. The first kappa shape index (κ1) is 15.7. The van der Waals surface area contributed by atoms with E-state index in [1.165, 1.54) is 12.8 Å². The molecule has 7 nitrogen and oxygen atoms in total. The minimum atomic E-state index is 0.0403. The van der Waals surface area contributed by atoms with E-state index >= 15 is 0 Å². The van der Waals surface area contributed by atoms with Crippen molar-refractivity contribution in [1.29, 1.82) is 0 Å². The highest BCUT2D eigenvalue weighted by Gasteiger charge is 2.24. The number of hydrogen-bond donors (Lipinski definition) is 1. The van der Waals surface area contributed by atoms with Crippen LogP contribution in [0.1, 0.15) is 18.9 Å². The first-order valence-electron chi connectivity index (χ1n) is 9.12. The molecule has 1 aliphatic heterocycles. The third-order valence-corrected chi connectivity index (χ3v) is 4.79. The predicted octanol–water partition coefficient (Wildman–Crippen LogP) is 2.20. The fourth-order valence-electron chi connectivity index (χ4n) is 3.21. The molecule has 0 aromatic carbocycles. The largest absolute Gasteiger partial charge is 0.474 e. The van der Waals surface area contributed by atoms with Crippen molar-refractivity contribution < 1.29 is 9.47 Å². The predicted molar refractivity (Wildman–Crippen MR) is 97.1 cm³/mol. The van der Waals surface area contributed by atoms with Crippen LogP contribution >= 0.6 is 0 Å². The SMILES string of the molecule is c1cnc2cc(-c3cnn(C4CC4)c3)nc(OC[C@@H]3CNCCO3)c2c1. The molecule has 0 radical (unpaired) electrons. The van der Waals surface area contributed by atoms with Gasteiger partial charge in [0.05, 0.1) is 35.4 Å². The molecule has 26 heavy (non-hydrogen) atoms. The van der Waals surface area contributed by atoms with Gasteiger partial charge in [-0.15, -0.1) is 0 Å². The lowest BCUT2D eigenvalue weighted by atomic mass is 10.2. The summed E-state index contributed by atoms with van der Waals surface area (Å²) in [7, 11) is 0. The van der Waals surface area contributed by atoms with E-state index in [9.17, 15) is 0 Å². The monoisotopic (exact) mass is 351 g/mol. The molecule has 0 amide bonds. The fraction of sp³-hybridized carbons (Fsp3) is 0.421. The van der Waals surface area contributed by atoms with E-state index in [1.54, 1.807) is 6.20 Å². The Kier molecular flexibility index (Phi) is 4.03. The van der Waals surface area contributed by atoms with Gasteiger partial charge in [-0.1, -0.05) is 0 Å². The normalized spacial score (nSPS) is 20.4. The Morgan fingerprint density at radius 1 is 1.35 bits per heavy atom. The molecule has 0 spiro atoms. The van der Waals surface area contributed by atoms with Gasteiger partial charge in [0.15, 0.2) is 0 Å². The van der Waals surface area contributed by atoms with E-state index in [0.717, 1.165) is 35.2 Å². The number of nitrogens with zero attached hydrogens (tertiary/aromatic N) is 4. The molecule has 134 valence electrons. The second-order valence-electron chi connectivity index (χ2n) is 6.83. The quantitative estimate of drug-likeness (QED) is 0.760. The summed E-state index contributed by atoms with van der Waals surface area (Å²) in [6.45, 7) is 2.87. The minimum Gasteiger partial charge on any atom is -0.474 e. The molecule has 3 aromatic heterocycles. The molecule has 4 heterocycles. The molecule has 1 saturated heterocycles. The summed E-state index contributed by atoms with van der Waals surface area (Å²) >= 11 is 0. The zero-order valence-corrected chi connectivity index (χ0v) is 14.5. The lowest BCUT2D eigenvalue weighted by Gasteiger charge is -2.23. The smallest absolute Gasteiger partial charge is 0.223 e. The van der Waals surface area contributed by atoms with Gasteiger partial charge in [-0.05, 0) is 31.0 Å². The topological polar surface area (TPSA) is 74.1 Å². The second-order valence-corrected chi connectivity index (χ2v) is 6.83. The van der Waals surface area contributed by atoms with Crippen LogP contribution in [-0.4, -0.2) is 52.2 Å². The van der Waals surface area contributed by atoms with Gasteiger partial charge in [-0.2, -0.15) is 5.10 Å². The van der Waals surface area contributed by atoms with Crippen LogP contribution in [0, 0.1) is 0 Å². The number of fused-ring (bicyclic) bond motifs is 1. The van der Waals surface area contributed by atoms with E-state index < -0.39 is 0 Å². The van der Waals surface area contributed by atoms with Gasteiger partial charge in [0.2, 0.25) is 5.88 Å². The zero-order chi connectivity index (χ0) is 17.3. The van der Waals surface area contributed by atoms with Crippen LogP contribution in [0.2, 0.25) is 0 Å². The third kappa shape index (κ3) is 3.15. The first-order chi connectivity index (χ1) is 12.9. The molecule has 3 aromatic rings. The summed E-state index contributed by atoms with van der Waals surface area (Å²) < 4.78 is 13.8. The Morgan fingerprint density at radius 3 is 3.15 bits per heavy atom. The molecular formula is C19H21N5O2. The van der Waals surface area contributed by atoms with Crippen molar-refractivity contribution in [2.24, 2.45) is 0 Å². The lowest BCUT2D eigenvalue weighted by Crippen LogP contribution is -2.41. The Bertz CT molecular complexity index is 915. The first-order valence-corrected chi connectivity index (χ1v) is 9.12. The van der Waals surface area contributed by atoms with Gasteiger partial charge in [0.25, 0.3) is 0 Å². The molecule has 5 rings (SSSR count). The Labute approximate surface area is 151 Å². The van der Waals surface area contributed by atoms with Crippen LogP contribution in [0.15, 0.2) is 36.8 Å². The zero-order valence-electron chi connectivity index (χ0n) is 14.5. The number of pyridine rings is 2. The van der Waals surface area contributed by atoms with E-state index in [1.807, 2.05) is 29.1 Å². The maximum atomic E-state index is 6.04. The number of nitrogens with one attached hydrogen (secondary N) is 1. The van der Waals surface area contributed by atoms with E-state index in [-0.39, 0.29) is 6.10 Å². The third-order valence-electron chi connectivity index (χ3n) is 4.79. The molecule has 2 aliphatic rings. The van der Waals surface area contributed by atoms with Crippen molar-refractivity contribution in [3.8, 4) is 17.1 Å². The van der Waals surface area contributed by atoms with Gasteiger partial charge >= 0.3 is 0 Å². The van der Waals surface area contributed by atoms with Crippen molar-refractivity contribution in [3.05, 3.63) is 36.8 Å². The van der Waals surface area contributed by atoms with Crippen LogP contribution in [-0.2, 0) is 4.74 Å². The van der Waals surface area contributed by atoms with Crippen molar-refractivity contribution >= 4 is 10.9 Å². The van der Waals surface area contributed by atoms with E-state index in [0.29, 0.717) is 25.1 Å². The van der Waals surface area contributed by atoms with Crippen LogP contribution in [0.5, 0.6) is 5.88 Å². The van der Waals surface area contributed by atoms with Gasteiger partial charge < -0.3 is 14.8 Å². The van der Waals surface area contributed by atoms with Crippen molar-refractivity contribution in [2.45, 2.75) is 25.0 Å². The number of morpholine rings is 1. The highest BCUT2D eigenvalue weighted by atomic mass is 16.5. The van der Waals surface area contributed by atoms with Crippen LogP contribution < -0.4 is 10.1 Å². The highest BCUT2D eigenvalue weighted by molar-refractivity contribution is 5.86. The molecular weight excluding hydrogens is 330 g/mol. The number of aromatic nitrogens is 4. The maximum Gasteiger partial charge on any atom is 0.223 e. The van der Waals surface area contributed by atoms with Crippen LogP contribution in [0.4, 0.5) is 0 Å². The van der Waals surface area contributed by atoms with Crippen LogP contribution in [0.3, 0.4) is 0 Å². The summed E-state index contributed by atoms with van der Waals surface area (Å²) in [4.78, 5) is 9.24. The summed E-state index contributed by atoms with van der Waals surface area (Å²) in [6, 6.07) is 6.44. The molecule has 1 aliphatic carbocycles. The molecule has 0 bridgehead atoms. The Morgan fingerprint density at radius 2 is 2.31 bits per heavy atom. The van der Waals surface area contributed by atoms with Crippen molar-refractivity contribution in [1.82, 2.24) is 25.1 Å². The van der Waals surface area contributed by atoms with Crippen molar-refractivity contribution in [3.63, 3.8) is 0 Å². The summed E-state index contributed by atoms with van der Waals surface area (Å²) in [5.74, 6) is 0.596. The summed E-state index contributed by atoms with van der Waals surface area (Å²) in [6.07, 6.45) is 8.17. The maximum absolute atomic E-state index is 6.04. The lowest BCUT2D eigenvalue weighted by molar-refractivity contribution is -0.000365. The number of hydrogen-bond acceptors (Lipinski definition) is 6. The van der Waals surface area contributed by atoms with Crippen LogP contribution in [0.25, 0.3) is 22.2 Å². The fourth-order valence-corrected chi connectivity index (χ4v) is 3.21. The van der Waals surface area contributed by atoms with Gasteiger partial charge in [0, 0.05) is 31.0 Å². The van der Waals surface area contributed by atoms with E-state index in [4.69, 9.17) is 14.5 Å². The Hall–Kier alpha value is -2.51. The summed E-state index contributed by atoms with van der Waals surface area (Å²) in [5.41, 5.74) is 2.69. The van der Waals surface area contributed by atoms with Gasteiger partial charge in [-0.3, -0.25) is 9.67 Å². The Balaban J connectivity index is 1.46. The van der Waals surface area contributed by atoms with E-state index in [2.05, 4.69) is 21.6 Å². The minimum absolute atomic E-state index is 0.0403.